The van der Waals surface area contributed by atoms with Crippen LogP contribution in [0.25, 0.3) is 0 Å². The van der Waals surface area contributed by atoms with Crippen molar-refractivity contribution in [2.24, 2.45) is 0 Å². The van der Waals surface area contributed by atoms with Gasteiger partial charge in [-0.2, -0.15) is 0 Å². The second-order valence-electron chi connectivity index (χ2n) is 4.06. The first-order valence-electron chi connectivity index (χ1n) is 5.86. The van der Waals surface area contributed by atoms with Crippen LogP contribution in [0.1, 0.15) is 6.42 Å². The van der Waals surface area contributed by atoms with E-state index < -0.39 is 28.2 Å². The van der Waals surface area contributed by atoms with Crippen LogP contribution < -0.4 is 4.74 Å². The fourth-order valence-corrected chi connectivity index (χ4v) is 2.64. The van der Waals surface area contributed by atoms with Crippen LogP contribution >= 0.6 is 11.6 Å². The van der Waals surface area contributed by atoms with E-state index in [4.69, 9.17) is 21.4 Å². The van der Waals surface area contributed by atoms with Crippen molar-refractivity contribution >= 4 is 27.6 Å². The van der Waals surface area contributed by atoms with Gasteiger partial charge in [0.1, 0.15) is 12.4 Å². The zero-order chi connectivity index (χ0) is 15.2. The molecule has 0 atom stereocenters. The van der Waals surface area contributed by atoms with E-state index in [2.05, 4.69) is 0 Å². The van der Waals surface area contributed by atoms with Crippen LogP contribution in [0.3, 0.4) is 0 Å². The molecule has 0 saturated carbocycles. The lowest BCUT2D eigenvalue weighted by atomic mass is 10.3. The van der Waals surface area contributed by atoms with E-state index in [9.17, 15) is 13.2 Å². The Labute approximate surface area is 123 Å². The van der Waals surface area contributed by atoms with Crippen LogP contribution in [0.4, 0.5) is 0 Å². The Morgan fingerprint density at radius 2 is 2.05 bits per heavy atom. The Balaban J connectivity index is 2.45. The van der Waals surface area contributed by atoms with Gasteiger partial charge in [-0.15, -0.1) is 0 Å². The van der Waals surface area contributed by atoms with Gasteiger partial charge in [-0.05, 0) is 12.1 Å². The molecular weight excluding hydrogens is 306 g/mol. The highest BCUT2D eigenvalue weighted by Gasteiger charge is 2.19. The number of hydrogen-bond acceptors (Lipinski definition) is 4. The van der Waals surface area contributed by atoms with Crippen molar-refractivity contribution in [1.29, 1.82) is 0 Å². The number of carboxylic acids is 1. The standard InChI is InChI=1S/C12H16ClNO5S/c1-14(20(17,18)9-6-12(15)16)7-8-19-11-5-3-2-4-10(11)13/h2-5H,6-9H2,1H3,(H,15,16). The van der Waals surface area contributed by atoms with E-state index in [0.29, 0.717) is 10.8 Å². The van der Waals surface area contributed by atoms with Crippen molar-refractivity contribution in [3.05, 3.63) is 29.3 Å². The van der Waals surface area contributed by atoms with Gasteiger partial charge in [0.2, 0.25) is 10.0 Å². The molecule has 1 N–H and O–H groups in total. The SMILES string of the molecule is CN(CCOc1ccccc1Cl)S(=O)(=O)CCC(=O)O. The number of likely N-dealkylation sites (N-methyl/N-ethyl adjacent to an activating group) is 1. The monoisotopic (exact) mass is 321 g/mol. The lowest BCUT2D eigenvalue weighted by molar-refractivity contribution is -0.136. The summed E-state index contributed by atoms with van der Waals surface area (Å²) >= 11 is 5.89. The molecule has 112 valence electrons. The fourth-order valence-electron chi connectivity index (χ4n) is 1.36. The molecule has 0 spiro atoms. The Bertz CT molecular complexity index is 561. The molecule has 1 aromatic carbocycles. The van der Waals surface area contributed by atoms with Crippen molar-refractivity contribution in [3.63, 3.8) is 0 Å². The molecule has 8 heteroatoms. The predicted molar refractivity (Wildman–Crippen MR) is 75.6 cm³/mol. The number of carboxylic acid groups (broad SMARTS) is 1. The molecule has 20 heavy (non-hydrogen) atoms. The summed E-state index contributed by atoms with van der Waals surface area (Å²) in [5, 5.41) is 8.94. The minimum atomic E-state index is -3.58. The van der Waals surface area contributed by atoms with E-state index >= 15 is 0 Å². The minimum Gasteiger partial charge on any atom is -0.491 e. The fraction of sp³-hybridized carbons (Fsp3) is 0.417. The van der Waals surface area contributed by atoms with Gasteiger partial charge in [-0.25, -0.2) is 12.7 Å². The number of aliphatic carboxylic acids is 1. The molecule has 0 aliphatic heterocycles. The molecule has 1 aromatic rings. The Morgan fingerprint density at radius 3 is 2.65 bits per heavy atom. The van der Waals surface area contributed by atoms with Crippen LogP contribution in [0.5, 0.6) is 5.75 Å². The Hall–Kier alpha value is -1.31. The first-order chi connectivity index (χ1) is 9.33. The first-order valence-corrected chi connectivity index (χ1v) is 7.85. The second-order valence-corrected chi connectivity index (χ2v) is 6.66. The number of sulfonamides is 1. The maximum atomic E-state index is 11.7. The third kappa shape index (κ3) is 5.36. The van der Waals surface area contributed by atoms with Gasteiger partial charge in [-0.1, -0.05) is 23.7 Å². The molecule has 0 amide bonds. The summed E-state index contributed by atoms with van der Waals surface area (Å²) in [6.07, 6.45) is -0.419. The largest absolute Gasteiger partial charge is 0.491 e. The summed E-state index contributed by atoms with van der Waals surface area (Å²) in [6.45, 7) is 0.250. The van der Waals surface area contributed by atoms with E-state index in [1.165, 1.54) is 7.05 Å². The quantitative estimate of drug-likeness (QED) is 0.783. The van der Waals surface area contributed by atoms with Gasteiger partial charge < -0.3 is 9.84 Å². The Morgan fingerprint density at radius 1 is 1.40 bits per heavy atom. The third-order valence-corrected chi connectivity index (χ3v) is 4.71. The molecule has 0 aliphatic rings. The van der Waals surface area contributed by atoms with Crippen molar-refractivity contribution in [2.75, 3.05) is 26.0 Å². The van der Waals surface area contributed by atoms with E-state index in [0.717, 1.165) is 4.31 Å². The topological polar surface area (TPSA) is 83.9 Å². The highest BCUT2D eigenvalue weighted by Crippen LogP contribution is 2.22. The average Bonchev–Trinajstić information content (AvgIpc) is 2.38. The van der Waals surface area contributed by atoms with Crippen molar-refractivity contribution in [3.8, 4) is 5.75 Å². The molecular formula is C12H16ClNO5S. The number of hydrogen-bond donors (Lipinski definition) is 1. The van der Waals surface area contributed by atoms with E-state index in [1.54, 1.807) is 24.3 Å². The van der Waals surface area contributed by atoms with E-state index in [-0.39, 0.29) is 13.2 Å². The maximum Gasteiger partial charge on any atom is 0.304 e. The van der Waals surface area contributed by atoms with Crippen LogP contribution in [0.2, 0.25) is 5.02 Å². The van der Waals surface area contributed by atoms with Crippen LogP contribution in [-0.4, -0.2) is 49.8 Å². The summed E-state index contributed by atoms with van der Waals surface area (Å²) in [5.41, 5.74) is 0. The molecule has 1 rings (SSSR count). The van der Waals surface area contributed by atoms with Crippen molar-refractivity contribution in [2.45, 2.75) is 6.42 Å². The molecule has 0 fully saturated rings. The van der Waals surface area contributed by atoms with Gasteiger partial charge in [0.15, 0.2) is 0 Å². The summed E-state index contributed by atoms with van der Waals surface area (Å²) in [7, 11) is -2.20. The maximum absolute atomic E-state index is 11.7. The average molecular weight is 322 g/mol. The minimum absolute atomic E-state index is 0.118. The molecule has 0 heterocycles. The molecule has 0 bridgehead atoms. The van der Waals surface area contributed by atoms with Gasteiger partial charge in [-0.3, -0.25) is 4.79 Å². The number of nitrogens with zero attached hydrogens (tertiary/aromatic N) is 1. The number of ether oxygens (including phenoxy) is 1. The smallest absolute Gasteiger partial charge is 0.304 e. The summed E-state index contributed by atoms with van der Waals surface area (Å²) in [4.78, 5) is 10.4. The van der Waals surface area contributed by atoms with Gasteiger partial charge in [0.05, 0.1) is 17.2 Å². The first kappa shape index (κ1) is 16.7. The number of para-hydroxylation sites is 1. The number of benzene rings is 1. The number of carbonyl (C=O) groups is 1. The van der Waals surface area contributed by atoms with Gasteiger partial charge >= 0.3 is 5.97 Å². The normalized spacial score (nSPS) is 11.6. The van der Waals surface area contributed by atoms with Crippen molar-refractivity contribution < 1.29 is 23.1 Å². The number of rotatable bonds is 8. The third-order valence-electron chi connectivity index (χ3n) is 2.55. The Kier molecular flexibility index (Phi) is 6.25. The second kappa shape index (κ2) is 7.47. The highest BCUT2D eigenvalue weighted by molar-refractivity contribution is 7.89. The lowest BCUT2D eigenvalue weighted by Crippen LogP contribution is -2.33. The van der Waals surface area contributed by atoms with Gasteiger partial charge in [0, 0.05) is 13.6 Å². The molecule has 0 radical (unpaired) electrons. The number of halogens is 1. The molecule has 0 aliphatic carbocycles. The zero-order valence-electron chi connectivity index (χ0n) is 11.0. The summed E-state index contributed by atoms with van der Waals surface area (Å²) < 4.78 is 29.9. The molecule has 0 unspecified atom stereocenters. The summed E-state index contributed by atoms with van der Waals surface area (Å²) in [5.74, 6) is -1.09. The highest BCUT2D eigenvalue weighted by atomic mass is 35.5. The lowest BCUT2D eigenvalue weighted by Gasteiger charge is -2.17. The molecule has 0 aromatic heterocycles. The van der Waals surface area contributed by atoms with Crippen LogP contribution in [0.15, 0.2) is 24.3 Å². The van der Waals surface area contributed by atoms with Crippen LogP contribution in [0, 0.1) is 0 Å². The van der Waals surface area contributed by atoms with Gasteiger partial charge in [0.25, 0.3) is 0 Å². The van der Waals surface area contributed by atoms with E-state index in [1.807, 2.05) is 0 Å². The zero-order valence-corrected chi connectivity index (χ0v) is 12.5. The predicted octanol–water partition coefficient (Wildman–Crippen LogP) is 1.46. The van der Waals surface area contributed by atoms with Crippen LogP contribution in [-0.2, 0) is 14.8 Å². The van der Waals surface area contributed by atoms with Crippen molar-refractivity contribution in [1.82, 2.24) is 4.31 Å². The molecule has 0 saturated heterocycles. The molecule has 6 nitrogen and oxygen atoms in total. The summed E-state index contributed by atoms with van der Waals surface area (Å²) in [6, 6.07) is 6.87.